The molecule has 0 aromatic carbocycles. The van der Waals surface area contributed by atoms with Crippen LogP contribution in [0.2, 0.25) is 0 Å². The molecule has 0 aromatic heterocycles. The van der Waals surface area contributed by atoms with Crippen molar-refractivity contribution >= 4 is 23.9 Å². The average Bonchev–Trinajstić information content (AvgIpc) is 2.46. The van der Waals surface area contributed by atoms with Gasteiger partial charge in [-0.3, -0.25) is 0 Å². The van der Waals surface area contributed by atoms with E-state index in [-0.39, 0.29) is 0 Å². The Kier molecular flexibility index (Phi) is 14.4. The molecule has 1 rings (SSSR count). The van der Waals surface area contributed by atoms with Gasteiger partial charge in [0.05, 0.1) is 0 Å². The first kappa shape index (κ1) is 21.6. The van der Waals surface area contributed by atoms with Gasteiger partial charge in [-0.2, -0.15) is 0 Å². The third-order valence-electron chi connectivity index (χ3n) is 1.69. The van der Waals surface area contributed by atoms with Gasteiger partial charge in [0.15, 0.2) is 0 Å². The van der Waals surface area contributed by atoms with Gasteiger partial charge in [0.1, 0.15) is 0 Å². The fraction of sp³-hybridized carbons (Fsp3) is 0.333. The van der Waals surface area contributed by atoms with Gasteiger partial charge in [-0.15, -0.1) is 0 Å². The molecule has 1 aliphatic rings. The average molecular weight is 318 g/mol. The lowest BCUT2D eigenvalue weighted by Gasteiger charge is -2.11. The van der Waals surface area contributed by atoms with Crippen LogP contribution in [0.5, 0.6) is 0 Å². The number of carbonyl (C=O) groups is 4. The summed E-state index contributed by atoms with van der Waals surface area (Å²) in [5, 5.41) is 37.7. The fourth-order valence-corrected chi connectivity index (χ4v) is 0.889. The van der Waals surface area contributed by atoms with Crippen molar-refractivity contribution < 1.29 is 39.6 Å². The first-order valence-electron chi connectivity index (χ1n) is 5.95. The van der Waals surface area contributed by atoms with Crippen molar-refractivity contribution in [3.63, 3.8) is 0 Å². The van der Waals surface area contributed by atoms with E-state index in [2.05, 4.69) is 10.6 Å². The highest BCUT2D eigenvalue weighted by atomic mass is 16.4. The van der Waals surface area contributed by atoms with Crippen LogP contribution in [-0.4, -0.2) is 70.5 Å². The molecule has 22 heavy (non-hydrogen) atoms. The normalized spacial score (nSPS) is 13.5. The Hall–Kier alpha value is -2.72. The van der Waals surface area contributed by atoms with Crippen molar-refractivity contribution in [1.82, 2.24) is 10.6 Å². The van der Waals surface area contributed by atoms with Crippen LogP contribution in [0.3, 0.4) is 0 Å². The lowest BCUT2D eigenvalue weighted by atomic mass is 10.4. The van der Waals surface area contributed by atoms with Crippen molar-refractivity contribution in [2.75, 3.05) is 26.2 Å². The number of hydrogen-bond donors (Lipinski definition) is 6. The van der Waals surface area contributed by atoms with Crippen molar-refractivity contribution in [3.05, 3.63) is 24.3 Å². The summed E-state index contributed by atoms with van der Waals surface area (Å²) in [6.45, 7) is 4.56. The van der Waals surface area contributed by atoms with Crippen LogP contribution in [0.15, 0.2) is 24.3 Å². The highest BCUT2D eigenvalue weighted by Gasteiger charge is 1.91. The van der Waals surface area contributed by atoms with E-state index in [4.69, 9.17) is 20.4 Å². The number of aliphatic carboxylic acids is 4. The molecular formula is C12H18N2O8. The molecule has 0 amide bonds. The molecular weight excluding hydrogens is 300 g/mol. The summed E-state index contributed by atoms with van der Waals surface area (Å²) in [6, 6.07) is 0. The second-order valence-corrected chi connectivity index (χ2v) is 3.52. The van der Waals surface area contributed by atoms with E-state index in [1.54, 1.807) is 0 Å². The van der Waals surface area contributed by atoms with Crippen molar-refractivity contribution in [2.24, 2.45) is 0 Å². The van der Waals surface area contributed by atoms with Gasteiger partial charge in [0, 0.05) is 50.5 Å². The second-order valence-electron chi connectivity index (χ2n) is 3.52. The summed E-state index contributed by atoms with van der Waals surface area (Å²) in [4.78, 5) is 38.2. The van der Waals surface area contributed by atoms with Gasteiger partial charge in [-0.25, -0.2) is 19.2 Å². The summed E-state index contributed by atoms with van der Waals surface area (Å²) in [5.41, 5.74) is 0. The summed E-state index contributed by atoms with van der Waals surface area (Å²) in [7, 11) is 0. The zero-order valence-corrected chi connectivity index (χ0v) is 11.6. The largest absolute Gasteiger partial charge is 0.478 e. The predicted molar refractivity (Wildman–Crippen MR) is 74.6 cm³/mol. The third kappa shape index (κ3) is 26.0. The molecule has 1 aliphatic heterocycles. The van der Waals surface area contributed by atoms with Gasteiger partial charge >= 0.3 is 23.9 Å². The Morgan fingerprint density at radius 3 is 0.818 bits per heavy atom. The molecule has 10 nitrogen and oxygen atoms in total. The fourth-order valence-electron chi connectivity index (χ4n) is 0.889. The van der Waals surface area contributed by atoms with Gasteiger partial charge in [-0.05, 0) is 0 Å². The number of piperazine rings is 1. The van der Waals surface area contributed by atoms with E-state index >= 15 is 0 Å². The smallest absolute Gasteiger partial charge is 0.328 e. The quantitative estimate of drug-likeness (QED) is 0.338. The van der Waals surface area contributed by atoms with Crippen LogP contribution >= 0.6 is 0 Å². The molecule has 0 aliphatic carbocycles. The highest BCUT2D eigenvalue weighted by molar-refractivity contribution is 5.90. The summed E-state index contributed by atoms with van der Waals surface area (Å²) in [6.07, 6.45) is 2.23. The van der Waals surface area contributed by atoms with Gasteiger partial charge in [0.2, 0.25) is 0 Å². The van der Waals surface area contributed by atoms with E-state index in [1.807, 2.05) is 0 Å². The van der Waals surface area contributed by atoms with Gasteiger partial charge in [0.25, 0.3) is 0 Å². The zero-order chi connectivity index (χ0) is 17.4. The molecule has 10 heteroatoms. The van der Waals surface area contributed by atoms with Crippen molar-refractivity contribution in [1.29, 1.82) is 0 Å². The Morgan fingerprint density at radius 1 is 0.545 bits per heavy atom. The number of hydrogen-bond acceptors (Lipinski definition) is 6. The number of carboxylic acid groups (broad SMARTS) is 4. The van der Waals surface area contributed by atoms with Crippen molar-refractivity contribution in [2.45, 2.75) is 0 Å². The number of carboxylic acids is 4. The molecule has 1 saturated heterocycles. The zero-order valence-electron chi connectivity index (χ0n) is 11.6. The van der Waals surface area contributed by atoms with E-state index in [0.717, 1.165) is 26.2 Å². The molecule has 0 bridgehead atoms. The first-order chi connectivity index (χ1) is 10.3. The van der Waals surface area contributed by atoms with Crippen LogP contribution in [0.4, 0.5) is 0 Å². The van der Waals surface area contributed by atoms with E-state index in [9.17, 15) is 19.2 Å². The topological polar surface area (TPSA) is 173 Å². The van der Waals surface area contributed by atoms with Crippen LogP contribution in [0.25, 0.3) is 0 Å². The molecule has 0 saturated carbocycles. The Morgan fingerprint density at radius 2 is 0.727 bits per heavy atom. The van der Waals surface area contributed by atoms with Crippen LogP contribution in [0, 0.1) is 0 Å². The van der Waals surface area contributed by atoms with E-state index in [1.165, 1.54) is 0 Å². The molecule has 6 N–H and O–H groups in total. The SMILES string of the molecule is C1CNCCN1.O=C(O)C=CC(=O)O.O=C(O)C=CC(=O)O. The molecule has 0 radical (unpaired) electrons. The maximum Gasteiger partial charge on any atom is 0.328 e. The minimum atomic E-state index is -1.26. The Labute approximate surface area is 125 Å². The summed E-state index contributed by atoms with van der Waals surface area (Å²) < 4.78 is 0. The third-order valence-corrected chi connectivity index (χ3v) is 1.69. The summed E-state index contributed by atoms with van der Waals surface area (Å²) >= 11 is 0. The monoisotopic (exact) mass is 318 g/mol. The number of rotatable bonds is 4. The van der Waals surface area contributed by atoms with E-state index < -0.39 is 23.9 Å². The van der Waals surface area contributed by atoms with Crippen LogP contribution < -0.4 is 10.6 Å². The predicted octanol–water partition coefficient (Wildman–Crippen LogP) is -1.40. The standard InChI is InChI=1S/C4H10N2.2C4H4O4/c1-2-6-4-3-5-1;2*5-3(6)1-2-4(7)8/h5-6H,1-4H2;2*1-2H,(H,5,6)(H,7,8). The second kappa shape index (κ2) is 14.7. The highest BCUT2D eigenvalue weighted by Crippen LogP contribution is 1.71. The molecule has 0 unspecified atom stereocenters. The van der Waals surface area contributed by atoms with Crippen LogP contribution in [0.1, 0.15) is 0 Å². The number of nitrogens with one attached hydrogen (secondary N) is 2. The minimum absolute atomic E-state index is 0.558. The molecule has 1 heterocycles. The maximum absolute atomic E-state index is 9.55. The lowest BCUT2D eigenvalue weighted by Crippen LogP contribution is -2.39. The lowest BCUT2D eigenvalue weighted by molar-refractivity contribution is -0.134. The molecule has 0 atom stereocenters. The molecule has 0 aromatic rings. The molecule has 124 valence electrons. The summed E-state index contributed by atoms with van der Waals surface area (Å²) in [5.74, 6) is -5.03. The Balaban J connectivity index is 0. The van der Waals surface area contributed by atoms with Gasteiger partial charge in [-0.1, -0.05) is 0 Å². The molecule has 1 fully saturated rings. The molecule has 0 spiro atoms. The van der Waals surface area contributed by atoms with Gasteiger partial charge < -0.3 is 31.1 Å². The Bertz CT molecular complexity index is 349. The first-order valence-corrected chi connectivity index (χ1v) is 5.95. The minimum Gasteiger partial charge on any atom is -0.478 e. The maximum atomic E-state index is 9.55. The van der Waals surface area contributed by atoms with Crippen molar-refractivity contribution in [3.8, 4) is 0 Å². The van der Waals surface area contributed by atoms with Crippen LogP contribution in [-0.2, 0) is 19.2 Å². The van der Waals surface area contributed by atoms with E-state index in [0.29, 0.717) is 24.3 Å².